The Labute approximate surface area is 123 Å². The minimum absolute atomic E-state index is 0.217. The van der Waals surface area contributed by atoms with E-state index in [1.54, 1.807) is 13.2 Å². The van der Waals surface area contributed by atoms with Crippen LogP contribution in [0.5, 0.6) is 0 Å². The second-order valence-electron chi connectivity index (χ2n) is 6.08. The molecular formula is C14H21ClN4O. The van der Waals surface area contributed by atoms with Crippen LogP contribution in [0.4, 0.5) is 5.69 Å². The second-order valence-corrected chi connectivity index (χ2v) is 6.46. The molecule has 0 amide bonds. The summed E-state index contributed by atoms with van der Waals surface area (Å²) >= 11 is 6.23. The average Bonchev–Trinajstić information content (AvgIpc) is 2.46. The number of halogens is 1. The van der Waals surface area contributed by atoms with Gasteiger partial charge in [-0.1, -0.05) is 11.6 Å². The van der Waals surface area contributed by atoms with E-state index in [4.69, 9.17) is 11.6 Å². The van der Waals surface area contributed by atoms with E-state index in [1.165, 1.54) is 23.9 Å². The fraction of sp³-hybridized carbons (Fsp3) is 0.714. The maximum Gasteiger partial charge on any atom is 0.287 e. The van der Waals surface area contributed by atoms with Crippen molar-refractivity contribution in [1.29, 1.82) is 0 Å². The Hall–Kier alpha value is -1.07. The minimum atomic E-state index is -0.217. The molecule has 110 valence electrons. The van der Waals surface area contributed by atoms with E-state index < -0.39 is 0 Å². The van der Waals surface area contributed by atoms with Crippen LogP contribution in [-0.2, 0) is 7.05 Å². The largest absolute Gasteiger partial charge is 0.368 e. The van der Waals surface area contributed by atoms with Gasteiger partial charge in [0.1, 0.15) is 5.02 Å². The monoisotopic (exact) mass is 296 g/mol. The summed E-state index contributed by atoms with van der Waals surface area (Å²) in [7, 11) is 1.63. The van der Waals surface area contributed by atoms with Crippen molar-refractivity contribution in [1.82, 2.24) is 15.1 Å². The first-order chi connectivity index (χ1) is 9.61. The van der Waals surface area contributed by atoms with Crippen LogP contribution in [0.3, 0.4) is 0 Å². The van der Waals surface area contributed by atoms with Gasteiger partial charge >= 0.3 is 0 Å². The highest BCUT2D eigenvalue weighted by Gasteiger charge is 2.37. The Bertz CT molecular complexity index is 545. The van der Waals surface area contributed by atoms with Crippen LogP contribution in [-0.4, -0.2) is 36.0 Å². The molecule has 6 heteroatoms. The lowest BCUT2D eigenvalue weighted by atomic mass is 9.74. The number of anilines is 1. The zero-order chi connectivity index (χ0) is 14.2. The van der Waals surface area contributed by atoms with Crippen molar-refractivity contribution >= 4 is 17.3 Å². The molecule has 0 radical (unpaired) electrons. The van der Waals surface area contributed by atoms with Crippen molar-refractivity contribution in [3.05, 3.63) is 21.6 Å². The maximum absolute atomic E-state index is 11.9. The van der Waals surface area contributed by atoms with Gasteiger partial charge in [-0.05, 0) is 32.2 Å². The van der Waals surface area contributed by atoms with Gasteiger partial charge in [0.2, 0.25) is 0 Å². The summed E-state index contributed by atoms with van der Waals surface area (Å²) in [5.74, 6) is 0. The van der Waals surface area contributed by atoms with E-state index in [2.05, 4.69) is 15.3 Å². The Kier molecular flexibility index (Phi) is 3.73. The lowest BCUT2D eigenvalue weighted by Crippen LogP contribution is -2.51. The van der Waals surface area contributed by atoms with E-state index in [9.17, 15) is 4.79 Å². The van der Waals surface area contributed by atoms with Gasteiger partial charge in [-0.15, -0.1) is 0 Å². The van der Waals surface area contributed by atoms with E-state index in [1.807, 2.05) is 0 Å². The lowest BCUT2D eigenvalue weighted by molar-refractivity contribution is 0.173. The Morgan fingerprint density at radius 2 is 2.20 bits per heavy atom. The van der Waals surface area contributed by atoms with Crippen LogP contribution >= 0.6 is 11.6 Å². The predicted octanol–water partition coefficient (Wildman–Crippen LogP) is 1.40. The zero-order valence-electron chi connectivity index (χ0n) is 11.9. The van der Waals surface area contributed by atoms with Crippen LogP contribution in [0, 0.1) is 5.41 Å². The van der Waals surface area contributed by atoms with Gasteiger partial charge in [0, 0.05) is 32.1 Å². The van der Waals surface area contributed by atoms with Crippen molar-refractivity contribution in [2.24, 2.45) is 12.5 Å². The number of hydrogen-bond donors (Lipinski definition) is 1. The molecule has 2 aliphatic rings. The van der Waals surface area contributed by atoms with Crippen molar-refractivity contribution in [2.45, 2.75) is 25.7 Å². The van der Waals surface area contributed by atoms with E-state index >= 15 is 0 Å². The first kappa shape index (κ1) is 13.9. The summed E-state index contributed by atoms with van der Waals surface area (Å²) in [5, 5.41) is 7.92. The number of hydrogen-bond acceptors (Lipinski definition) is 4. The Morgan fingerprint density at radius 3 is 2.95 bits per heavy atom. The van der Waals surface area contributed by atoms with Gasteiger partial charge in [0.25, 0.3) is 5.56 Å². The molecule has 2 fully saturated rings. The molecule has 2 saturated heterocycles. The van der Waals surface area contributed by atoms with Crippen LogP contribution in [0.15, 0.2) is 11.0 Å². The Morgan fingerprint density at radius 1 is 1.40 bits per heavy atom. The third-order valence-electron chi connectivity index (χ3n) is 4.62. The van der Waals surface area contributed by atoms with E-state index in [0.717, 1.165) is 38.3 Å². The van der Waals surface area contributed by atoms with Crippen LogP contribution in [0.25, 0.3) is 0 Å². The number of aromatic nitrogens is 2. The molecule has 0 aromatic carbocycles. The van der Waals surface area contributed by atoms with Gasteiger partial charge in [-0.2, -0.15) is 5.10 Å². The Balaban J connectivity index is 1.87. The molecule has 1 N–H and O–H groups in total. The van der Waals surface area contributed by atoms with Crippen molar-refractivity contribution in [2.75, 3.05) is 31.1 Å². The highest BCUT2D eigenvalue weighted by Crippen LogP contribution is 2.38. The quantitative estimate of drug-likeness (QED) is 0.851. The average molecular weight is 297 g/mol. The normalized spacial score (nSPS) is 27.0. The van der Waals surface area contributed by atoms with Crippen molar-refractivity contribution in [3.63, 3.8) is 0 Å². The fourth-order valence-corrected chi connectivity index (χ4v) is 3.81. The molecule has 5 nitrogen and oxygen atoms in total. The summed E-state index contributed by atoms with van der Waals surface area (Å²) in [6.07, 6.45) is 6.61. The van der Waals surface area contributed by atoms with Gasteiger partial charge in [0.15, 0.2) is 0 Å². The first-order valence-electron chi connectivity index (χ1n) is 7.29. The molecule has 1 aromatic rings. The molecule has 1 aromatic heterocycles. The van der Waals surface area contributed by atoms with Crippen molar-refractivity contribution < 1.29 is 0 Å². The third-order valence-corrected chi connectivity index (χ3v) is 4.98. The predicted molar refractivity (Wildman–Crippen MR) is 80.5 cm³/mol. The highest BCUT2D eigenvalue weighted by atomic mass is 35.5. The molecule has 0 bridgehead atoms. The molecule has 1 unspecified atom stereocenters. The zero-order valence-corrected chi connectivity index (χ0v) is 12.6. The van der Waals surface area contributed by atoms with Gasteiger partial charge < -0.3 is 10.2 Å². The third kappa shape index (κ3) is 2.44. The van der Waals surface area contributed by atoms with Gasteiger partial charge in [0.05, 0.1) is 11.9 Å². The number of piperidine rings is 2. The van der Waals surface area contributed by atoms with Crippen LogP contribution in [0.1, 0.15) is 25.7 Å². The van der Waals surface area contributed by atoms with Gasteiger partial charge in [-0.25, -0.2) is 4.68 Å². The molecule has 3 rings (SSSR count). The second kappa shape index (κ2) is 5.37. The standard InChI is InChI=1S/C14H21ClN4O/c1-18-13(20)12(15)11(8-17-18)19-7-3-5-14(10-19)4-2-6-16-9-14/h8,16H,2-7,9-10H2,1H3. The number of nitrogens with zero attached hydrogens (tertiary/aromatic N) is 3. The first-order valence-corrected chi connectivity index (χ1v) is 7.67. The van der Waals surface area contributed by atoms with Gasteiger partial charge in [-0.3, -0.25) is 4.79 Å². The number of aryl methyl sites for hydroxylation is 1. The van der Waals surface area contributed by atoms with E-state index in [0.29, 0.717) is 10.4 Å². The summed E-state index contributed by atoms with van der Waals surface area (Å²) in [6, 6.07) is 0. The molecule has 1 atom stereocenters. The molecule has 3 heterocycles. The smallest absolute Gasteiger partial charge is 0.287 e. The molecular weight excluding hydrogens is 276 g/mol. The summed E-state index contributed by atoms with van der Waals surface area (Å²) in [6.45, 7) is 4.11. The lowest BCUT2D eigenvalue weighted by Gasteiger charge is -2.46. The minimum Gasteiger partial charge on any atom is -0.368 e. The number of rotatable bonds is 1. The maximum atomic E-state index is 11.9. The molecule has 0 saturated carbocycles. The van der Waals surface area contributed by atoms with Crippen LogP contribution < -0.4 is 15.8 Å². The summed E-state index contributed by atoms with van der Waals surface area (Å²) < 4.78 is 1.29. The molecule has 20 heavy (non-hydrogen) atoms. The molecule has 1 spiro atoms. The highest BCUT2D eigenvalue weighted by molar-refractivity contribution is 6.33. The van der Waals surface area contributed by atoms with E-state index in [-0.39, 0.29) is 5.56 Å². The molecule has 2 aliphatic heterocycles. The SMILES string of the molecule is Cn1ncc(N2CCCC3(CCCNC3)C2)c(Cl)c1=O. The topological polar surface area (TPSA) is 50.2 Å². The fourth-order valence-electron chi connectivity index (χ4n) is 3.51. The molecule has 0 aliphatic carbocycles. The van der Waals surface area contributed by atoms with Crippen LogP contribution in [0.2, 0.25) is 5.02 Å². The number of nitrogens with one attached hydrogen (secondary N) is 1. The summed E-state index contributed by atoms with van der Waals surface area (Å²) in [4.78, 5) is 14.2. The van der Waals surface area contributed by atoms with Crippen molar-refractivity contribution in [3.8, 4) is 0 Å². The summed E-state index contributed by atoms with van der Waals surface area (Å²) in [5.41, 5.74) is 0.908.